The molecule has 0 fully saturated rings. The number of ether oxygens (including phenoxy) is 1. The van der Waals surface area contributed by atoms with Gasteiger partial charge in [-0.2, -0.15) is 5.26 Å². The van der Waals surface area contributed by atoms with Crippen LogP contribution in [0, 0.1) is 18.3 Å². The zero-order valence-electron chi connectivity index (χ0n) is 9.14. The van der Waals surface area contributed by atoms with Gasteiger partial charge in [0.2, 0.25) is 0 Å². The predicted octanol–water partition coefficient (Wildman–Crippen LogP) is 3.82. The molecular formula is C13H9BrN2O. The SMILES string of the molecule is Cc1ccc(Oc2ccc(C#N)nc2)c(Br)c1. The minimum absolute atomic E-state index is 0.375. The van der Waals surface area contributed by atoms with Crippen LogP contribution >= 0.6 is 15.9 Å². The molecule has 84 valence electrons. The van der Waals surface area contributed by atoms with Crippen LogP contribution in [-0.4, -0.2) is 4.98 Å². The number of benzene rings is 1. The van der Waals surface area contributed by atoms with Crippen LogP contribution in [0.4, 0.5) is 0 Å². The number of halogens is 1. The number of pyridine rings is 1. The summed E-state index contributed by atoms with van der Waals surface area (Å²) in [5.74, 6) is 1.33. The Morgan fingerprint density at radius 1 is 1.29 bits per heavy atom. The predicted molar refractivity (Wildman–Crippen MR) is 67.9 cm³/mol. The molecule has 0 atom stereocenters. The number of nitrogens with zero attached hydrogens (tertiary/aromatic N) is 2. The quantitative estimate of drug-likeness (QED) is 0.844. The monoisotopic (exact) mass is 288 g/mol. The lowest BCUT2D eigenvalue weighted by molar-refractivity contribution is 0.477. The molecule has 0 aliphatic heterocycles. The smallest absolute Gasteiger partial charge is 0.145 e. The molecule has 0 unspecified atom stereocenters. The van der Waals surface area contributed by atoms with E-state index in [1.54, 1.807) is 12.1 Å². The summed E-state index contributed by atoms with van der Waals surface area (Å²) in [6.07, 6.45) is 1.53. The van der Waals surface area contributed by atoms with Gasteiger partial charge in [-0.25, -0.2) is 4.98 Å². The fraction of sp³-hybridized carbons (Fsp3) is 0.0769. The van der Waals surface area contributed by atoms with E-state index in [-0.39, 0.29) is 0 Å². The van der Waals surface area contributed by atoms with Crippen molar-refractivity contribution < 1.29 is 4.74 Å². The highest BCUT2D eigenvalue weighted by Gasteiger charge is 2.03. The molecule has 0 N–H and O–H groups in total. The average molecular weight is 289 g/mol. The van der Waals surface area contributed by atoms with Crippen LogP contribution in [0.15, 0.2) is 41.0 Å². The average Bonchev–Trinajstić information content (AvgIpc) is 2.34. The van der Waals surface area contributed by atoms with Gasteiger partial charge in [0, 0.05) is 0 Å². The molecule has 4 heteroatoms. The Balaban J connectivity index is 2.23. The molecule has 0 radical (unpaired) electrons. The van der Waals surface area contributed by atoms with Gasteiger partial charge in [0.25, 0.3) is 0 Å². The van der Waals surface area contributed by atoms with E-state index < -0.39 is 0 Å². The second kappa shape index (κ2) is 4.98. The fourth-order valence-electron chi connectivity index (χ4n) is 1.32. The van der Waals surface area contributed by atoms with Crippen LogP contribution in [0.5, 0.6) is 11.5 Å². The number of hydrogen-bond acceptors (Lipinski definition) is 3. The number of rotatable bonds is 2. The Morgan fingerprint density at radius 3 is 2.71 bits per heavy atom. The van der Waals surface area contributed by atoms with Crippen molar-refractivity contribution >= 4 is 15.9 Å². The molecule has 0 aliphatic carbocycles. The van der Waals surface area contributed by atoms with Gasteiger partial charge in [-0.15, -0.1) is 0 Å². The summed E-state index contributed by atoms with van der Waals surface area (Å²) in [4.78, 5) is 3.94. The lowest BCUT2D eigenvalue weighted by Gasteiger charge is -2.07. The second-order valence-electron chi connectivity index (χ2n) is 3.53. The summed E-state index contributed by atoms with van der Waals surface area (Å²) in [5.41, 5.74) is 1.53. The molecule has 1 heterocycles. The van der Waals surface area contributed by atoms with Crippen LogP contribution in [-0.2, 0) is 0 Å². The van der Waals surface area contributed by atoms with Gasteiger partial charge >= 0.3 is 0 Å². The van der Waals surface area contributed by atoms with Crippen LogP contribution in [0.1, 0.15) is 11.3 Å². The van der Waals surface area contributed by atoms with Crippen molar-refractivity contribution in [3.8, 4) is 17.6 Å². The number of aryl methyl sites for hydroxylation is 1. The zero-order valence-corrected chi connectivity index (χ0v) is 10.7. The molecule has 0 saturated heterocycles. The lowest BCUT2D eigenvalue weighted by Crippen LogP contribution is -1.88. The van der Waals surface area contributed by atoms with Gasteiger partial charge in [0.1, 0.15) is 23.3 Å². The molecule has 17 heavy (non-hydrogen) atoms. The minimum atomic E-state index is 0.375. The maximum Gasteiger partial charge on any atom is 0.145 e. The van der Waals surface area contributed by atoms with Crippen LogP contribution in [0.3, 0.4) is 0 Å². The van der Waals surface area contributed by atoms with Gasteiger partial charge < -0.3 is 4.74 Å². The minimum Gasteiger partial charge on any atom is -0.455 e. The molecule has 0 spiro atoms. The Hall–Kier alpha value is -1.86. The molecule has 3 nitrogen and oxygen atoms in total. The third kappa shape index (κ3) is 2.83. The van der Waals surface area contributed by atoms with Crippen LogP contribution in [0.2, 0.25) is 0 Å². The summed E-state index contributed by atoms with van der Waals surface area (Å²) < 4.78 is 6.54. The van der Waals surface area contributed by atoms with Crippen molar-refractivity contribution in [3.63, 3.8) is 0 Å². The van der Waals surface area contributed by atoms with Gasteiger partial charge in [-0.05, 0) is 52.7 Å². The zero-order chi connectivity index (χ0) is 12.3. The Labute approximate surface area is 108 Å². The molecule has 0 bridgehead atoms. The summed E-state index contributed by atoms with van der Waals surface area (Å²) in [5, 5.41) is 8.63. The maximum atomic E-state index is 8.63. The third-order valence-electron chi connectivity index (χ3n) is 2.17. The van der Waals surface area contributed by atoms with Crippen molar-refractivity contribution in [3.05, 3.63) is 52.3 Å². The van der Waals surface area contributed by atoms with Crippen molar-refractivity contribution in [2.45, 2.75) is 6.92 Å². The van der Waals surface area contributed by atoms with E-state index in [0.717, 1.165) is 15.8 Å². The highest BCUT2D eigenvalue weighted by atomic mass is 79.9. The van der Waals surface area contributed by atoms with E-state index in [9.17, 15) is 0 Å². The second-order valence-corrected chi connectivity index (χ2v) is 4.38. The Bertz CT molecular complexity index is 573. The van der Waals surface area contributed by atoms with Crippen molar-refractivity contribution in [2.75, 3.05) is 0 Å². The van der Waals surface area contributed by atoms with Gasteiger partial charge in [0.05, 0.1) is 10.7 Å². The number of nitriles is 1. The van der Waals surface area contributed by atoms with Crippen molar-refractivity contribution in [2.24, 2.45) is 0 Å². The number of aromatic nitrogens is 1. The summed E-state index contributed by atoms with van der Waals surface area (Å²) in [6, 6.07) is 11.1. The van der Waals surface area contributed by atoms with E-state index in [4.69, 9.17) is 10.00 Å². The van der Waals surface area contributed by atoms with Crippen LogP contribution in [0.25, 0.3) is 0 Å². The first-order chi connectivity index (χ1) is 8.19. The molecule has 0 amide bonds. The molecule has 0 aliphatic rings. The largest absolute Gasteiger partial charge is 0.455 e. The topological polar surface area (TPSA) is 45.9 Å². The molecule has 0 saturated carbocycles. The summed E-state index contributed by atoms with van der Waals surface area (Å²) in [6.45, 7) is 2.01. The molecule has 1 aromatic carbocycles. The van der Waals surface area contributed by atoms with E-state index in [2.05, 4.69) is 20.9 Å². The van der Waals surface area contributed by atoms with Crippen LogP contribution < -0.4 is 4.74 Å². The van der Waals surface area contributed by atoms with Crippen molar-refractivity contribution in [1.29, 1.82) is 5.26 Å². The standard InChI is InChI=1S/C13H9BrN2O/c1-9-2-5-13(12(14)6-9)17-11-4-3-10(7-15)16-8-11/h2-6,8H,1H3. The Kier molecular flexibility index (Phi) is 3.40. The first kappa shape index (κ1) is 11.6. The molecule has 2 rings (SSSR count). The van der Waals surface area contributed by atoms with E-state index >= 15 is 0 Å². The lowest BCUT2D eigenvalue weighted by atomic mass is 10.2. The molecule has 2 aromatic rings. The third-order valence-corrected chi connectivity index (χ3v) is 2.79. The highest BCUT2D eigenvalue weighted by Crippen LogP contribution is 2.29. The first-order valence-electron chi connectivity index (χ1n) is 4.99. The number of hydrogen-bond donors (Lipinski definition) is 0. The maximum absolute atomic E-state index is 8.63. The van der Waals surface area contributed by atoms with Gasteiger partial charge in [0.15, 0.2) is 0 Å². The van der Waals surface area contributed by atoms with Crippen molar-refractivity contribution in [1.82, 2.24) is 4.98 Å². The summed E-state index contributed by atoms with van der Waals surface area (Å²) >= 11 is 3.43. The summed E-state index contributed by atoms with van der Waals surface area (Å²) in [7, 11) is 0. The normalized spacial score (nSPS) is 9.71. The molecule has 1 aromatic heterocycles. The highest BCUT2D eigenvalue weighted by molar-refractivity contribution is 9.10. The Morgan fingerprint density at radius 2 is 2.12 bits per heavy atom. The van der Waals surface area contributed by atoms with Gasteiger partial charge in [-0.1, -0.05) is 6.07 Å². The van der Waals surface area contributed by atoms with E-state index in [1.807, 2.05) is 31.2 Å². The van der Waals surface area contributed by atoms with Gasteiger partial charge in [-0.3, -0.25) is 0 Å². The molecular weight excluding hydrogens is 280 g/mol. The first-order valence-corrected chi connectivity index (χ1v) is 5.78. The van der Waals surface area contributed by atoms with E-state index in [1.165, 1.54) is 6.20 Å². The van der Waals surface area contributed by atoms with E-state index in [0.29, 0.717) is 11.4 Å². The fourth-order valence-corrected chi connectivity index (χ4v) is 1.90.